The Labute approximate surface area is 116 Å². The van der Waals surface area contributed by atoms with E-state index in [9.17, 15) is 4.79 Å². The molecule has 1 aliphatic rings. The molecule has 0 aliphatic carbocycles. The fourth-order valence-corrected chi connectivity index (χ4v) is 2.96. The first-order chi connectivity index (χ1) is 9.10. The quantitative estimate of drug-likeness (QED) is 0.779. The van der Waals surface area contributed by atoms with Gasteiger partial charge in [-0.15, -0.1) is 0 Å². The molecule has 1 saturated heterocycles. The van der Waals surface area contributed by atoms with E-state index in [1.165, 1.54) is 11.3 Å². The summed E-state index contributed by atoms with van der Waals surface area (Å²) in [5, 5.41) is 6.75. The van der Waals surface area contributed by atoms with Crippen molar-refractivity contribution in [2.45, 2.75) is 38.8 Å². The highest BCUT2D eigenvalue weighted by Crippen LogP contribution is 2.25. The lowest BCUT2D eigenvalue weighted by Crippen LogP contribution is -2.41. The highest BCUT2D eigenvalue weighted by molar-refractivity contribution is 7.18. The Balaban J connectivity index is 1.99. The molecule has 0 aromatic carbocycles. The molecule has 7 heteroatoms. The van der Waals surface area contributed by atoms with Crippen LogP contribution >= 0.6 is 11.3 Å². The summed E-state index contributed by atoms with van der Waals surface area (Å²) in [5.41, 5.74) is 5.78. The van der Waals surface area contributed by atoms with Crippen LogP contribution in [0.3, 0.4) is 0 Å². The van der Waals surface area contributed by atoms with Crippen LogP contribution in [0.4, 0.5) is 10.9 Å². The van der Waals surface area contributed by atoms with Gasteiger partial charge in [0.15, 0.2) is 5.13 Å². The predicted molar refractivity (Wildman–Crippen MR) is 76.6 cm³/mol. The highest BCUT2D eigenvalue weighted by Gasteiger charge is 2.23. The lowest BCUT2D eigenvalue weighted by Gasteiger charge is -2.27. The second-order valence-electron chi connectivity index (χ2n) is 4.64. The van der Waals surface area contributed by atoms with Gasteiger partial charge in [-0.05, 0) is 26.7 Å². The van der Waals surface area contributed by atoms with Crippen molar-refractivity contribution in [2.75, 3.05) is 24.2 Å². The van der Waals surface area contributed by atoms with Crippen LogP contribution in [0, 0.1) is 0 Å². The number of nitrogens with two attached hydrogens (primary N) is 1. The third-order valence-electron chi connectivity index (χ3n) is 3.01. The molecule has 106 valence electrons. The number of ether oxygens (including phenoxy) is 1. The molecule has 2 heterocycles. The fraction of sp³-hybridized carbons (Fsp3) is 0.667. The van der Waals surface area contributed by atoms with Gasteiger partial charge in [-0.2, -0.15) is 0 Å². The van der Waals surface area contributed by atoms with Crippen LogP contribution in [-0.2, 0) is 4.74 Å². The van der Waals surface area contributed by atoms with Gasteiger partial charge in [0.1, 0.15) is 10.7 Å². The number of nitrogens with zero attached hydrogens (tertiary/aromatic N) is 1. The van der Waals surface area contributed by atoms with E-state index in [-0.39, 0.29) is 18.1 Å². The Morgan fingerprint density at radius 1 is 1.63 bits per heavy atom. The molecule has 0 spiro atoms. The van der Waals surface area contributed by atoms with E-state index in [4.69, 9.17) is 10.5 Å². The highest BCUT2D eigenvalue weighted by atomic mass is 32.1. The van der Waals surface area contributed by atoms with Crippen molar-refractivity contribution in [1.82, 2.24) is 10.3 Å². The summed E-state index contributed by atoms with van der Waals surface area (Å²) in [6, 6.07) is 0.153. The summed E-state index contributed by atoms with van der Waals surface area (Å²) >= 11 is 1.29. The molecule has 1 aromatic heterocycles. The van der Waals surface area contributed by atoms with Crippen LogP contribution < -0.4 is 16.4 Å². The first kappa shape index (κ1) is 14.1. The first-order valence-electron chi connectivity index (χ1n) is 6.52. The number of hydrogen-bond donors (Lipinski definition) is 3. The number of nitrogen functional groups attached to an aromatic ring is 1. The molecule has 0 bridgehead atoms. The van der Waals surface area contributed by atoms with Gasteiger partial charge in [0, 0.05) is 19.2 Å². The Kier molecular flexibility index (Phi) is 4.60. The molecular weight excluding hydrogens is 264 g/mol. The smallest absolute Gasteiger partial charge is 0.265 e. The van der Waals surface area contributed by atoms with E-state index < -0.39 is 0 Å². The minimum Gasteiger partial charge on any atom is -0.382 e. The molecular formula is C12H20N4O2S. The Morgan fingerprint density at radius 2 is 2.42 bits per heavy atom. The predicted octanol–water partition coefficient (Wildman–Crippen LogP) is 1.45. The number of carbonyl (C=O) groups excluding carboxylic acids is 1. The lowest BCUT2D eigenvalue weighted by molar-refractivity contribution is 0.0137. The maximum atomic E-state index is 12.2. The van der Waals surface area contributed by atoms with Gasteiger partial charge in [0.05, 0.1) is 6.10 Å². The minimum absolute atomic E-state index is 0.141. The number of amides is 1. The van der Waals surface area contributed by atoms with Crippen LogP contribution in [0.15, 0.2) is 0 Å². The summed E-state index contributed by atoms with van der Waals surface area (Å²) in [5.74, 6) is 0.150. The molecule has 1 aromatic rings. The van der Waals surface area contributed by atoms with Crippen LogP contribution in [0.25, 0.3) is 0 Å². The van der Waals surface area contributed by atoms with E-state index in [1.807, 2.05) is 13.8 Å². The minimum atomic E-state index is -0.141. The molecule has 1 amide bonds. The number of rotatable bonds is 4. The van der Waals surface area contributed by atoms with Crippen LogP contribution in [0.5, 0.6) is 0 Å². The second-order valence-corrected chi connectivity index (χ2v) is 5.64. The van der Waals surface area contributed by atoms with Crippen molar-refractivity contribution < 1.29 is 9.53 Å². The van der Waals surface area contributed by atoms with Crippen molar-refractivity contribution in [1.29, 1.82) is 0 Å². The molecule has 0 saturated carbocycles. The van der Waals surface area contributed by atoms with Crippen LogP contribution in [-0.4, -0.2) is 36.2 Å². The van der Waals surface area contributed by atoms with E-state index in [0.29, 0.717) is 22.4 Å². The van der Waals surface area contributed by atoms with Crippen molar-refractivity contribution in [3.05, 3.63) is 4.88 Å². The Morgan fingerprint density at radius 3 is 3.11 bits per heavy atom. The third kappa shape index (κ3) is 3.57. The second kappa shape index (κ2) is 6.21. The number of anilines is 2. The van der Waals surface area contributed by atoms with E-state index in [2.05, 4.69) is 15.6 Å². The normalized spacial score (nSPS) is 23.1. The van der Waals surface area contributed by atoms with Gasteiger partial charge in [-0.1, -0.05) is 11.3 Å². The standard InChI is InChI=1S/C12H20N4O2S/c1-3-14-12-16-10(13)9(19-12)11(17)15-8-4-5-18-7(2)6-8/h7-8H,3-6,13H2,1-2H3,(H,14,16)(H,15,17). The molecule has 2 atom stereocenters. The van der Waals surface area contributed by atoms with E-state index in [0.717, 1.165) is 19.4 Å². The average molecular weight is 284 g/mol. The van der Waals surface area contributed by atoms with Crippen molar-refractivity contribution in [2.24, 2.45) is 0 Å². The molecule has 4 N–H and O–H groups in total. The monoisotopic (exact) mass is 284 g/mol. The van der Waals surface area contributed by atoms with Gasteiger partial charge in [0.25, 0.3) is 5.91 Å². The van der Waals surface area contributed by atoms with Crippen LogP contribution in [0.1, 0.15) is 36.4 Å². The molecule has 0 radical (unpaired) electrons. The summed E-state index contributed by atoms with van der Waals surface area (Å²) in [6.07, 6.45) is 1.87. The number of hydrogen-bond acceptors (Lipinski definition) is 6. The zero-order valence-corrected chi connectivity index (χ0v) is 12.0. The molecule has 19 heavy (non-hydrogen) atoms. The van der Waals surface area contributed by atoms with Gasteiger partial charge < -0.3 is 21.1 Å². The van der Waals surface area contributed by atoms with Gasteiger partial charge in [0.2, 0.25) is 0 Å². The maximum Gasteiger partial charge on any atom is 0.265 e. The first-order valence-corrected chi connectivity index (χ1v) is 7.34. The number of carbonyl (C=O) groups is 1. The summed E-state index contributed by atoms with van der Waals surface area (Å²) < 4.78 is 5.46. The van der Waals surface area contributed by atoms with E-state index >= 15 is 0 Å². The van der Waals surface area contributed by atoms with E-state index in [1.54, 1.807) is 0 Å². The number of nitrogens with one attached hydrogen (secondary N) is 2. The van der Waals surface area contributed by atoms with Crippen molar-refractivity contribution in [3.8, 4) is 0 Å². The molecule has 1 fully saturated rings. The molecule has 2 rings (SSSR count). The topological polar surface area (TPSA) is 89.3 Å². The SMILES string of the molecule is CCNc1nc(N)c(C(=O)NC2CCOC(C)C2)s1. The molecule has 1 aliphatic heterocycles. The van der Waals surface area contributed by atoms with Crippen molar-refractivity contribution >= 4 is 28.2 Å². The largest absolute Gasteiger partial charge is 0.382 e. The zero-order chi connectivity index (χ0) is 13.8. The summed E-state index contributed by atoms with van der Waals surface area (Å²) in [4.78, 5) is 16.8. The number of thiazole rings is 1. The Bertz CT molecular complexity index is 449. The molecule has 2 unspecified atom stereocenters. The fourth-order valence-electron chi connectivity index (χ4n) is 2.10. The van der Waals surface area contributed by atoms with Gasteiger partial charge in [-0.25, -0.2) is 4.98 Å². The van der Waals surface area contributed by atoms with Crippen molar-refractivity contribution in [3.63, 3.8) is 0 Å². The molecule has 6 nitrogen and oxygen atoms in total. The van der Waals surface area contributed by atoms with Crippen LogP contribution in [0.2, 0.25) is 0 Å². The average Bonchev–Trinajstić information content (AvgIpc) is 2.71. The maximum absolute atomic E-state index is 12.2. The number of aromatic nitrogens is 1. The van der Waals surface area contributed by atoms with Gasteiger partial charge in [-0.3, -0.25) is 4.79 Å². The lowest BCUT2D eigenvalue weighted by atomic mass is 10.0. The Hall–Kier alpha value is -1.34. The van der Waals surface area contributed by atoms with Gasteiger partial charge >= 0.3 is 0 Å². The zero-order valence-electron chi connectivity index (χ0n) is 11.2. The summed E-state index contributed by atoms with van der Waals surface area (Å²) in [6.45, 7) is 5.43. The summed E-state index contributed by atoms with van der Waals surface area (Å²) in [7, 11) is 0. The third-order valence-corrected chi connectivity index (χ3v) is 4.04.